The van der Waals surface area contributed by atoms with Crippen LogP contribution in [0.15, 0.2) is 0 Å². The van der Waals surface area contributed by atoms with Gasteiger partial charge in [-0.1, -0.05) is 6.42 Å². The molecule has 0 bridgehead atoms. The zero-order valence-electron chi connectivity index (χ0n) is 4.81. The molecular formula is C5H11IN2. The van der Waals surface area contributed by atoms with Crippen molar-refractivity contribution in [3.05, 3.63) is 0 Å². The molecule has 0 spiro atoms. The number of halogens is 1. The van der Waals surface area contributed by atoms with E-state index in [-0.39, 0.29) is 0 Å². The summed E-state index contributed by atoms with van der Waals surface area (Å²) in [7, 11) is 0. The number of rotatable bonds is 2. The maximum Gasteiger partial charge on any atom is 0.0364 e. The highest BCUT2D eigenvalue weighted by atomic mass is 127. The first-order chi connectivity index (χ1) is 3.79. The summed E-state index contributed by atoms with van der Waals surface area (Å²) in [6, 6.07) is 0. The monoisotopic (exact) mass is 226 g/mol. The highest BCUT2D eigenvalue weighted by Gasteiger charge is 2.17. The van der Waals surface area contributed by atoms with Crippen molar-refractivity contribution in [2.45, 2.75) is 19.3 Å². The minimum Gasteiger partial charge on any atom is -0.260 e. The molecule has 0 radical (unpaired) electrons. The lowest BCUT2D eigenvalue weighted by molar-refractivity contribution is 0.269. The van der Waals surface area contributed by atoms with Crippen LogP contribution in [0.5, 0.6) is 0 Å². The Morgan fingerprint density at radius 3 is 2.38 bits per heavy atom. The molecule has 48 valence electrons. The smallest absolute Gasteiger partial charge is 0.0364 e. The Labute approximate surface area is 63.9 Å². The van der Waals surface area contributed by atoms with Gasteiger partial charge >= 0.3 is 0 Å². The summed E-state index contributed by atoms with van der Waals surface area (Å²) in [4.78, 5) is 0. The first-order valence-electron chi connectivity index (χ1n) is 2.97. The van der Waals surface area contributed by atoms with Gasteiger partial charge < -0.3 is 0 Å². The number of hydrogen-bond donors (Lipinski definition) is 1. The van der Waals surface area contributed by atoms with Crippen LogP contribution in [-0.4, -0.2) is 9.77 Å². The van der Waals surface area contributed by atoms with Crippen molar-refractivity contribution in [2.75, 3.05) is 6.54 Å². The molecule has 0 aromatic heterocycles. The van der Waals surface area contributed by atoms with Crippen molar-refractivity contribution in [3.8, 4) is 0 Å². The topological polar surface area (TPSA) is 29.3 Å². The van der Waals surface area contributed by atoms with Crippen LogP contribution in [0.3, 0.4) is 0 Å². The van der Waals surface area contributed by atoms with Gasteiger partial charge in [0.1, 0.15) is 0 Å². The molecule has 1 rings (SSSR count). The van der Waals surface area contributed by atoms with Crippen LogP contribution in [0.1, 0.15) is 19.3 Å². The van der Waals surface area contributed by atoms with E-state index in [4.69, 9.17) is 5.84 Å². The van der Waals surface area contributed by atoms with Crippen LogP contribution < -0.4 is 5.84 Å². The average Bonchev–Trinajstić information content (AvgIpc) is 1.55. The minimum atomic E-state index is 0.900. The Morgan fingerprint density at radius 2 is 2.25 bits per heavy atom. The van der Waals surface area contributed by atoms with Crippen LogP contribution in [0, 0.1) is 5.92 Å². The highest BCUT2D eigenvalue weighted by molar-refractivity contribution is 14.1. The largest absolute Gasteiger partial charge is 0.260 e. The van der Waals surface area contributed by atoms with Crippen molar-refractivity contribution >= 4 is 22.9 Å². The van der Waals surface area contributed by atoms with Crippen molar-refractivity contribution in [1.29, 1.82) is 0 Å². The van der Waals surface area contributed by atoms with Gasteiger partial charge in [-0.25, -0.2) is 0 Å². The van der Waals surface area contributed by atoms with E-state index in [2.05, 4.69) is 22.9 Å². The first-order valence-corrected chi connectivity index (χ1v) is 3.93. The van der Waals surface area contributed by atoms with Crippen molar-refractivity contribution < 1.29 is 0 Å². The molecule has 3 heteroatoms. The standard InChI is InChI=1S/C5H11IN2/c6-8(7)4-5-2-1-3-5/h5H,1-4,7H2. The van der Waals surface area contributed by atoms with E-state index in [9.17, 15) is 0 Å². The molecule has 0 unspecified atom stereocenters. The molecule has 1 fully saturated rings. The van der Waals surface area contributed by atoms with Gasteiger partial charge in [0.2, 0.25) is 0 Å². The molecular weight excluding hydrogens is 215 g/mol. The summed E-state index contributed by atoms with van der Waals surface area (Å²) in [6.07, 6.45) is 4.18. The molecule has 1 saturated carbocycles. The zero-order valence-corrected chi connectivity index (χ0v) is 6.97. The van der Waals surface area contributed by atoms with Crippen LogP contribution in [0.25, 0.3) is 0 Å². The fourth-order valence-corrected chi connectivity index (χ4v) is 1.48. The van der Waals surface area contributed by atoms with Gasteiger partial charge in [0.25, 0.3) is 0 Å². The third-order valence-corrected chi connectivity index (χ3v) is 2.05. The molecule has 0 saturated heterocycles. The van der Waals surface area contributed by atoms with Gasteiger partial charge in [0.15, 0.2) is 0 Å². The van der Waals surface area contributed by atoms with Gasteiger partial charge in [0, 0.05) is 29.4 Å². The predicted molar refractivity (Wildman–Crippen MR) is 42.3 cm³/mol. The fourth-order valence-electron chi connectivity index (χ4n) is 0.922. The first kappa shape index (κ1) is 6.77. The summed E-state index contributed by atoms with van der Waals surface area (Å²) in [5, 5.41) is 0. The Kier molecular flexibility index (Phi) is 2.52. The maximum atomic E-state index is 5.42. The van der Waals surface area contributed by atoms with Crippen molar-refractivity contribution in [3.63, 3.8) is 0 Å². The van der Waals surface area contributed by atoms with E-state index >= 15 is 0 Å². The molecule has 0 aliphatic heterocycles. The Bertz CT molecular complexity index is 70.8. The van der Waals surface area contributed by atoms with Crippen molar-refractivity contribution in [2.24, 2.45) is 11.8 Å². The van der Waals surface area contributed by atoms with Crippen LogP contribution >= 0.6 is 22.9 Å². The SMILES string of the molecule is NN(I)CC1CCC1. The summed E-state index contributed by atoms with van der Waals surface area (Å²) in [5.74, 6) is 6.32. The molecule has 1 aliphatic rings. The Morgan fingerprint density at radius 1 is 1.62 bits per heavy atom. The summed E-state index contributed by atoms with van der Waals surface area (Å²) < 4.78 is 1.75. The Hall–Kier alpha value is 0.650. The molecule has 0 heterocycles. The van der Waals surface area contributed by atoms with Crippen molar-refractivity contribution in [1.82, 2.24) is 3.22 Å². The lowest BCUT2D eigenvalue weighted by Gasteiger charge is -2.26. The maximum absolute atomic E-state index is 5.42. The summed E-state index contributed by atoms with van der Waals surface area (Å²) >= 11 is 2.13. The lowest BCUT2D eigenvalue weighted by atomic mass is 9.86. The summed E-state index contributed by atoms with van der Waals surface area (Å²) in [5.41, 5.74) is 0. The van der Waals surface area contributed by atoms with Gasteiger partial charge in [-0.05, 0) is 18.8 Å². The summed E-state index contributed by atoms with van der Waals surface area (Å²) in [6.45, 7) is 1.07. The highest BCUT2D eigenvalue weighted by Crippen LogP contribution is 2.26. The van der Waals surface area contributed by atoms with E-state index < -0.39 is 0 Å². The van der Waals surface area contributed by atoms with Crippen LogP contribution in [0.2, 0.25) is 0 Å². The van der Waals surface area contributed by atoms with E-state index in [1.54, 1.807) is 3.22 Å². The third kappa shape index (κ3) is 1.87. The predicted octanol–water partition coefficient (Wildman–Crippen LogP) is 1.31. The quantitative estimate of drug-likeness (QED) is 0.333. The van der Waals surface area contributed by atoms with Gasteiger partial charge in [0.05, 0.1) is 0 Å². The number of nitrogens with two attached hydrogens (primary N) is 1. The molecule has 0 aromatic rings. The van der Waals surface area contributed by atoms with Gasteiger partial charge in [-0.15, -0.1) is 0 Å². The average molecular weight is 226 g/mol. The minimum absolute atomic E-state index is 0.900. The second kappa shape index (κ2) is 2.98. The molecule has 2 N–H and O–H groups in total. The fraction of sp³-hybridized carbons (Fsp3) is 1.00. The molecule has 0 aromatic carbocycles. The van der Waals surface area contributed by atoms with E-state index in [0.29, 0.717) is 0 Å². The van der Waals surface area contributed by atoms with E-state index in [1.807, 2.05) is 0 Å². The normalized spacial score (nSPS) is 21.4. The third-order valence-electron chi connectivity index (χ3n) is 1.66. The number of nitrogens with zero attached hydrogens (tertiary/aromatic N) is 1. The number of hydrogen-bond acceptors (Lipinski definition) is 2. The second-order valence-corrected chi connectivity index (χ2v) is 3.62. The Balaban J connectivity index is 2.01. The van der Waals surface area contributed by atoms with Gasteiger partial charge in [-0.2, -0.15) is 3.22 Å². The molecule has 0 atom stereocenters. The van der Waals surface area contributed by atoms with Gasteiger partial charge in [-0.3, -0.25) is 5.84 Å². The van der Waals surface area contributed by atoms with E-state index in [0.717, 1.165) is 12.5 Å². The zero-order chi connectivity index (χ0) is 5.98. The van der Waals surface area contributed by atoms with Crippen LogP contribution in [-0.2, 0) is 0 Å². The van der Waals surface area contributed by atoms with Crippen LogP contribution in [0.4, 0.5) is 0 Å². The molecule has 8 heavy (non-hydrogen) atoms. The second-order valence-electron chi connectivity index (χ2n) is 2.38. The van der Waals surface area contributed by atoms with E-state index in [1.165, 1.54) is 19.3 Å². The lowest BCUT2D eigenvalue weighted by Crippen LogP contribution is -2.29. The molecule has 2 nitrogen and oxygen atoms in total. The number of hydrazine groups is 1. The molecule has 0 amide bonds. The molecule has 1 aliphatic carbocycles.